The van der Waals surface area contributed by atoms with Crippen molar-refractivity contribution < 1.29 is 14.0 Å². The molecule has 0 spiro atoms. The smallest absolute Gasteiger partial charge is 0.257 e. The highest BCUT2D eigenvalue weighted by atomic mass is 16.3. The molecular formula is C18H21N3O3. The molecule has 0 aliphatic carbocycles. The van der Waals surface area contributed by atoms with Gasteiger partial charge in [0.1, 0.15) is 6.26 Å². The first-order valence-corrected chi connectivity index (χ1v) is 8.10. The Hall–Kier alpha value is -2.63. The Morgan fingerprint density at radius 3 is 2.58 bits per heavy atom. The van der Waals surface area contributed by atoms with Crippen molar-refractivity contribution in [3.8, 4) is 0 Å². The number of nitrogens with zero attached hydrogens (tertiary/aromatic N) is 3. The highest BCUT2D eigenvalue weighted by molar-refractivity contribution is 5.94. The Balaban J connectivity index is 1.52. The number of amides is 2. The maximum absolute atomic E-state index is 12.6. The van der Waals surface area contributed by atoms with Crippen molar-refractivity contribution >= 4 is 11.8 Å². The Bertz CT molecular complexity index is 677. The molecule has 24 heavy (non-hydrogen) atoms. The molecule has 2 aromatic rings. The van der Waals surface area contributed by atoms with Gasteiger partial charge in [-0.1, -0.05) is 0 Å². The van der Waals surface area contributed by atoms with Crippen LogP contribution in [-0.2, 0) is 11.3 Å². The third kappa shape index (κ3) is 3.64. The molecule has 6 nitrogen and oxygen atoms in total. The zero-order valence-corrected chi connectivity index (χ0v) is 13.7. The Morgan fingerprint density at radius 1 is 1.25 bits per heavy atom. The number of rotatable bonds is 4. The predicted octanol–water partition coefficient (Wildman–Crippen LogP) is 2.19. The van der Waals surface area contributed by atoms with Crippen molar-refractivity contribution in [1.29, 1.82) is 0 Å². The van der Waals surface area contributed by atoms with E-state index in [0.717, 1.165) is 5.56 Å². The SMILES string of the molecule is CN(Cc1ccncc1)C(=O)C1CCN(C(=O)c2ccoc2)CC1. The summed E-state index contributed by atoms with van der Waals surface area (Å²) in [5.74, 6) is 0.0900. The van der Waals surface area contributed by atoms with E-state index in [1.165, 1.54) is 12.5 Å². The second kappa shape index (κ2) is 7.29. The molecule has 0 radical (unpaired) electrons. The van der Waals surface area contributed by atoms with Crippen LogP contribution >= 0.6 is 0 Å². The van der Waals surface area contributed by atoms with Gasteiger partial charge in [0.2, 0.25) is 5.91 Å². The number of hydrogen-bond acceptors (Lipinski definition) is 4. The van der Waals surface area contributed by atoms with Gasteiger partial charge < -0.3 is 14.2 Å². The number of carbonyl (C=O) groups is 2. The minimum absolute atomic E-state index is 0.0229. The fraction of sp³-hybridized carbons (Fsp3) is 0.389. The lowest BCUT2D eigenvalue weighted by Gasteiger charge is -2.33. The number of hydrogen-bond donors (Lipinski definition) is 0. The maximum atomic E-state index is 12.6. The first-order valence-electron chi connectivity index (χ1n) is 8.10. The zero-order valence-electron chi connectivity index (χ0n) is 13.7. The fourth-order valence-electron chi connectivity index (χ4n) is 3.05. The van der Waals surface area contributed by atoms with Crippen LogP contribution in [0.3, 0.4) is 0 Å². The second-order valence-electron chi connectivity index (χ2n) is 6.13. The van der Waals surface area contributed by atoms with E-state index in [1.54, 1.807) is 28.3 Å². The van der Waals surface area contributed by atoms with E-state index >= 15 is 0 Å². The summed E-state index contributed by atoms with van der Waals surface area (Å²) in [5.41, 5.74) is 1.63. The van der Waals surface area contributed by atoms with Crippen LogP contribution in [0.5, 0.6) is 0 Å². The van der Waals surface area contributed by atoms with E-state index in [-0.39, 0.29) is 17.7 Å². The van der Waals surface area contributed by atoms with Crippen LogP contribution in [0, 0.1) is 5.92 Å². The maximum Gasteiger partial charge on any atom is 0.257 e. The molecule has 1 fully saturated rings. The molecule has 1 saturated heterocycles. The molecule has 0 unspecified atom stereocenters. The monoisotopic (exact) mass is 327 g/mol. The predicted molar refractivity (Wildman–Crippen MR) is 88.0 cm³/mol. The van der Waals surface area contributed by atoms with Crippen LogP contribution in [0.4, 0.5) is 0 Å². The number of pyridine rings is 1. The molecule has 0 aromatic carbocycles. The number of furan rings is 1. The Labute approximate surface area is 141 Å². The van der Waals surface area contributed by atoms with Crippen molar-refractivity contribution in [3.05, 3.63) is 54.2 Å². The molecule has 2 amide bonds. The quantitative estimate of drug-likeness (QED) is 0.863. The summed E-state index contributed by atoms with van der Waals surface area (Å²) in [4.78, 5) is 32.4. The second-order valence-corrected chi connectivity index (χ2v) is 6.13. The first-order chi connectivity index (χ1) is 11.6. The molecule has 126 valence electrons. The normalized spacial score (nSPS) is 15.3. The summed E-state index contributed by atoms with van der Waals surface area (Å²) in [5, 5.41) is 0. The van der Waals surface area contributed by atoms with E-state index < -0.39 is 0 Å². The lowest BCUT2D eigenvalue weighted by atomic mass is 9.95. The Morgan fingerprint density at radius 2 is 1.96 bits per heavy atom. The molecule has 0 saturated carbocycles. The summed E-state index contributed by atoms with van der Waals surface area (Å²) in [6.07, 6.45) is 7.81. The van der Waals surface area contributed by atoms with E-state index in [9.17, 15) is 9.59 Å². The molecule has 0 atom stereocenters. The number of likely N-dealkylation sites (tertiary alicyclic amines) is 1. The van der Waals surface area contributed by atoms with E-state index in [1.807, 2.05) is 19.2 Å². The largest absolute Gasteiger partial charge is 0.472 e. The summed E-state index contributed by atoms with van der Waals surface area (Å²) < 4.78 is 4.96. The number of carbonyl (C=O) groups excluding carboxylic acids is 2. The molecule has 0 bridgehead atoms. The highest BCUT2D eigenvalue weighted by Crippen LogP contribution is 2.21. The van der Waals surface area contributed by atoms with E-state index in [2.05, 4.69) is 4.98 Å². The van der Waals surface area contributed by atoms with Crippen molar-refractivity contribution in [2.75, 3.05) is 20.1 Å². The third-order valence-electron chi connectivity index (χ3n) is 4.44. The standard InChI is InChI=1S/C18H21N3O3/c1-20(12-14-2-7-19-8-3-14)17(22)15-4-9-21(10-5-15)18(23)16-6-11-24-13-16/h2-3,6-8,11,13,15H,4-5,9-10,12H2,1H3. The van der Waals surface area contributed by atoms with Crippen molar-refractivity contribution in [1.82, 2.24) is 14.8 Å². The van der Waals surface area contributed by atoms with Gasteiger partial charge in [0.05, 0.1) is 11.8 Å². The number of piperidine rings is 1. The molecule has 3 rings (SSSR count). The van der Waals surface area contributed by atoms with Crippen LogP contribution in [0.1, 0.15) is 28.8 Å². The third-order valence-corrected chi connectivity index (χ3v) is 4.44. The summed E-state index contributed by atoms with van der Waals surface area (Å²) in [6.45, 7) is 1.78. The lowest BCUT2D eigenvalue weighted by molar-refractivity contribution is -0.136. The molecule has 2 aromatic heterocycles. The van der Waals surface area contributed by atoms with E-state index in [0.29, 0.717) is 38.0 Å². The lowest BCUT2D eigenvalue weighted by Crippen LogP contribution is -2.43. The van der Waals surface area contributed by atoms with Gasteiger partial charge in [-0.2, -0.15) is 0 Å². The van der Waals surface area contributed by atoms with Crippen molar-refractivity contribution in [3.63, 3.8) is 0 Å². The first kappa shape index (κ1) is 16.2. The van der Waals surface area contributed by atoms with Gasteiger partial charge in [0.25, 0.3) is 5.91 Å². The van der Waals surface area contributed by atoms with Crippen LogP contribution in [-0.4, -0.2) is 46.7 Å². The fourth-order valence-corrected chi connectivity index (χ4v) is 3.05. The molecule has 3 heterocycles. The average molecular weight is 327 g/mol. The van der Waals surface area contributed by atoms with Crippen molar-refractivity contribution in [2.45, 2.75) is 19.4 Å². The summed E-state index contributed by atoms with van der Waals surface area (Å²) >= 11 is 0. The zero-order chi connectivity index (χ0) is 16.9. The van der Waals surface area contributed by atoms with Gasteiger partial charge in [0, 0.05) is 45.0 Å². The molecule has 1 aliphatic heterocycles. The Kier molecular flexibility index (Phi) is 4.93. The topological polar surface area (TPSA) is 66.7 Å². The molecule has 6 heteroatoms. The molecular weight excluding hydrogens is 306 g/mol. The van der Waals surface area contributed by atoms with E-state index in [4.69, 9.17) is 4.42 Å². The minimum atomic E-state index is -0.0280. The van der Waals surface area contributed by atoms with Gasteiger partial charge in [-0.05, 0) is 36.6 Å². The summed E-state index contributed by atoms with van der Waals surface area (Å²) in [6, 6.07) is 5.49. The number of aromatic nitrogens is 1. The van der Waals surface area contributed by atoms with Crippen molar-refractivity contribution in [2.24, 2.45) is 5.92 Å². The average Bonchev–Trinajstić information content (AvgIpc) is 3.16. The van der Waals surface area contributed by atoms with Gasteiger partial charge in [-0.15, -0.1) is 0 Å². The van der Waals surface area contributed by atoms with Gasteiger partial charge >= 0.3 is 0 Å². The summed E-state index contributed by atoms with van der Waals surface area (Å²) in [7, 11) is 1.83. The van der Waals surface area contributed by atoms with Crippen LogP contribution < -0.4 is 0 Å². The van der Waals surface area contributed by atoms with Gasteiger partial charge in [0.15, 0.2) is 0 Å². The minimum Gasteiger partial charge on any atom is -0.472 e. The van der Waals surface area contributed by atoms with Crippen LogP contribution in [0.2, 0.25) is 0 Å². The highest BCUT2D eigenvalue weighted by Gasteiger charge is 2.29. The van der Waals surface area contributed by atoms with Crippen LogP contribution in [0.15, 0.2) is 47.5 Å². The molecule has 0 N–H and O–H groups in total. The van der Waals surface area contributed by atoms with Crippen LogP contribution in [0.25, 0.3) is 0 Å². The van der Waals surface area contributed by atoms with Gasteiger partial charge in [-0.25, -0.2) is 0 Å². The molecule has 1 aliphatic rings. The van der Waals surface area contributed by atoms with Gasteiger partial charge in [-0.3, -0.25) is 14.6 Å².